The summed E-state index contributed by atoms with van der Waals surface area (Å²) in [6, 6.07) is 36.1. The SMILES string of the molecule is CC(C)c1ccccc1-c1c(C=CC(=O)Nc2ccc3[nH]ccc3c2)ccc(Sc2ccc(C=CC(=O)Nc3ccc4[nH]ccc4c3)c(-c3ccccc3C(C)C)c2[N+](=O)[O-])c1[N+](=O)[O-]. The van der Waals surface area contributed by atoms with Crippen molar-refractivity contribution in [3.63, 3.8) is 0 Å². The molecule has 0 radical (unpaired) electrons. The standard InChI is InChI=1S/C52H44N6O6S/c1-31(2)39-9-5-7-11-41(39)49-33(15-23-47(59)55-37-17-19-43-35(29-37)25-27-53-43)13-21-45(51(49)57(61)62)65-46-22-14-34(16-24-48(60)56-38-18-20-44-36(30-38)26-28-54-44)50(52(46)58(63)64)42-12-8-6-10-40(42)32(3)4/h5-32,53-54H,1-4H3,(H,55,59)(H,56,60). The van der Waals surface area contributed by atoms with Crippen LogP contribution >= 0.6 is 11.8 Å². The van der Waals surface area contributed by atoms with Crippen molar-refractivity contribution in [2.24, 2.45) is 0 Å². The fraction of sp³-hybridized carbons (Fsp3) is 0.115. The first-order valence-electron chi connectivity index (χ1n) is 21.0. The third-order valence-electron chi connectivity index (χ3n) is 11.1. The number of amides is 2. The lowest BCUT2D eigenvalue weighted by Gasteiger charge is -2.18. The molecule has 2 amide bonds. The number of fused-ring (bicyclic) bond motifs is 2. The van der Waals surface area contributed by atoms with Gasteiger partial charge in [-0.05, 0) is 118 Å². The zero-order chi connectivity index (χ0) is 45.8. The van der Waals surface area contributed by atoms with Crippen molar-refractivity contribution in [1.82, 2.24) is 9.97 Å². The van der Waals surface area contributed by atoms with Gasteiger partial charge in [0, 0.05) is 57.7 Å². The van der Waals surface area contributed by atoms with Crippen molar-refractivity contribution in [1.29, 1.82) is 0 Å². The number of aromatic amines is 2. The number of anilines is 2. The van der Waals surface area contributed by atoms with Crippen molar-refractivity contribution in [3.05, 3.63) is 188 Å². The lowest BCUT2D eigenvalue weighted by atomic mass is 9.89. The molecular weight excluding hydrogens is 837 g/mol. The second-order valence-corrected chi connectivity index (χ2v) is 17.1. The Morgan fingerprint density at radius 3 is 1.38 bits per heavy atom. The molecule has 0 saturated carbocycles. The summed E-state index contributed by atoms with van der Waals surface area (Å²) in [6.07, 6.45) is 9.41. The first-order valence-corrected chi connectivity index (χ1v) is 21.8. The van der Waals surface area contributed by atoms with E-state index in [2.05, 4.69) is 20.6 Å². The Kier molecular flexibility index (Phi) is 12.6. The van der Waals surface area contributed by atoms with Gasteiger partial charge in [-0.3, -0.25) is 29.8 Å². The van der Waals surface area contributed by atoms with Gasteiger partial charge in [0.05, 0.1) is 30.8 Å². The number of nitro benzene ring substituents is 2. The minimum atomic E-state index is -0.470. The van der Waals surface area contributed by atoms with E-state index >= 15 is 0 Å². The molecule has 2 heterocycles. The fourth-order valence-electron chi connectivity index (χ4n) is 8.08. The van der Waals surface area contributed by atoms with Gasteiger partial charge in [0.25, 0.3) is 11.4 Å². The van der Waals surface area contributed by atoms with Crippen LogP contribution in [0.1, 0.15) is 61.8 Å². The summed E-state index contributed by atoms with van der Waals surface area (Å²) in [4.78, 5) is 59.1. The van der Waals surface area contributed by atoms with Gasteiger partial charge >= 0.3 is 0 Å². The third-order valence-corrected chi connectivity index (χ3v) is 12.2. The molecule has 0 aliphatic rings. The molecule has 8 aromatic rings. The van der Waals surface area contributed by atoms with Crippen LogP contribution in [0.2, 0.25) is 0 Å². The molecule has 0 atom stereocenters. The van der Waals surface area contributed by atoms with Gasteiger partial charge in [-0.25, -0.2) is 0 Å². The van der Waals surface area contributed by atoms with Crippen molar-refractivity contribution < 1.29 is 19.4 Å². The third kappa shape index (κ3) is 9.36. The number of rotatable bonds is 14. The van der Waals surface area contributed by atoms with Crippen LogP contribution in [0.25, 0.3) is 56.2 Å². The van der Waals surface area contributed by atoms with Crippen LogP contribution in [0, 0.1) is 20.2 Å². The molecule has 0 unspecified atom stereocenters. The van der Waals surface area contributed by atoms with E-state index in [1.165, 1.54) is 12.2 Å². The summed E-state index contributed by atoms with van der Waals surface area (Å²) in [7, 11) is 0. The van der Waals surface area contributed by atoms with Crippen LogP contribution in [0.4, 0.5) is 22.7 Å². The van der Waals surface area contributed by atoms with E-state index in [1.807, 2.05) is 113 Å². The minimum Gasteiger partial charge on any atom is -0.361 e. The normalized spacial score (nSPS) is 11.7. The number of hydrogen-bond donors (Lipinski definition) is 4. The molecule has 0 bridgehead atoms. The second kappa shape index (κ2) is 18.8. The van der Waals surface area contributed by atoms with Gasteiger partial charge in [0.2, 0.25) is 11.8 Å². The molecule has 2 aromatic heterocycles. The lowest BCUT2D eigenvalue weighted by Crippen LogP contribution is -2.08. The molecule has 324 valence electrons. The molecule has 0 fully saturated rings. The first-order chi connectivity index (χ1) is 31.4. The quantitative estimate of drug-likeness (QED) is 0.0477. The lowest BCUT2D eigenvalue weighted by molar-refractivity contribution is -0.387. The summed E-state index contributed by atoms with van der Waals surface area (Å²) in [5.41, 5.74) is 6.77. The zero-order valence-corrected chi connectivity index (χ0v) is 36.7. The minimum absolute atomic E-state index is 0.0270. The highest BCUT2D eigenvalue weighted by Gasteiger charge is 2.31. The Bertz CT molecular complexity index is 3000. The van der Waals surface area contributed by atoms with Crippen LogP contribution in [-0.2, 0) is 9.59 Å². The molecule has 12 nitrogen and oxygen atoms in total. The number of nitro groups is 2. The predicted octanol–water partition coefficient (Wildman–Crippen LogP) is 13.5. The van der Waals surface area contributed by atoms with Crippen LogP contribution in [-0.4, -0.2) is 31.6 Å². The van der Waals surface area contributed by atoms with E-state index in [1.54, 1.807) is 60.7 Å². The van der Waals surface area contributed by atoms with Crippen molar-refractivity contribution in [2.75, 3.05) is 10.6 Å². The highest BCUT2D eigenvalue weighted by Crippen LogP contribution is 2.50. The van der Waals surface area contributed by atoms with E-state index in [4.69, 9.17) is 0 Å². The maximum absolute atomic E-state index is 13.4. The van der Waals surface area contributed by atoms with Crippen LogP contribution in [0.3, 0.4) is 0 Å². The average molecular weight is 881 g/mol. The van der Waals surface area contributed by atoms with E-state index in [9.17, 15) is 29.8 Å². The van der Waals surface area contributed by atoms with E-state index in [0.717, 1.165) is 44.7 Å². The number of carbonyl (C=O) groups excluding carboxylic acids is 2. The molecular formula is C52H44N6O6S. The number of nitrogens with zero attached hydrogens (tertiary/aromatic N) is 2. The van der Waals surface area contributed by atoms with Gasteiger partial charge < -0.3 is 20.6 Å². The Labute approximate surface area is 378 Å². The van der Waals surface area contributed by atoms with Gasteiger partial charge in [-0.15, -0.1) is 0 Å². The van der Waals surface area contributed by atoms with Crippen molar-refractivity contribution in [2.45, 2.75) is 49.3 Å². The summed E-state index contributed by atoms with van der Waals surface area (Å²) in [5, 5.41) is 34.4. The number of carbonyl (C=O) groups is 2. The highest BCUT2D eigenvalue weighted by atomic mass is 32.2. The Morgan fingerprint density at radius 1 is 0.569 bits per heavy atom. The van der Waals surface area contributed by atoms with E-state index in [0.29, 0.717) is 33.6 Å². The smallest absolute Gasteiger partial charge is 0.291 e. The van der Waals surface area contributed by atoms with Crippen molar-refractivity contribution in [3.8, 4) is 22.3 Å². The summed E-state index contributed by atoms with van der Waals surface area (Å²) >= 11 is 0.921. The molecule has 13 heteroatoms. The van der Waals surface area contributed by atoms with Gasteiger partial charge in [-0.2, -0.15) is 0 Å². The monoisotopic (exact) mass is 880 g/mol. The molecule has 65 heavy (non-hydrogen) atoms. The maximum atomic E-state index is 13.4. The number of hydrogen-bond acceptors (Lipinski definition) is 7. The predicted molar refractivity (Wildman–Crippen MR) is 261 cm³/mol. The van der Waals surface area contributed by atoms with Crippen molar-refractivity contribution >= 4 is 80.3 Å². The van der Waals surface area contributed by atoms with Gasteiger partial charge in [-0.1, -0.05) is 100 Å². The first kappa shape index (κ1) is 43.6. The Balaban J connectivity index is 1.23. The number of benzene rings is 6. The van der Waals surface area contributed by atoms with Crippen LogP contribution < -0.4 is 10.6 Å². The molecule has 4 N–H and O–H groups in total. The highest BCUT2D eigenvalue weighted by molar-refractivity contribution is 7.99. The summed E-state index contributed by atoms with van der Waals surface area (Å²) in [6.45, 7) is 7.98. The molecule has 0 aliphatic heterocycles. The largest absolute Gasteiger partial charge is 0.361 e. The molecule has 0 aliphatic carbocycles. The number of nitrogens with one attached hydrogen (secondary N) is 4. The fourth-order valence-corrected chi connectivity index (χ4v) is 9.14. The number of H-pyrrole nitrogens is 2. The van der Waals surface area contributed by atoms with Crippen LogP contribution in [0.15, 0.2) is 156 Å². The molecule has 0 saturated heterocycles. The summed E-state index contributed by atoms with van der Waals surface area (Å²) in [5.74, 6) is -0.918. The topological polar surface area (TPSA) is 176 Å². The Morgan fingerprint density at radius 2 is 0.985 bits per heavy atom. The van der Waals surface area contributed by atoms with E-state index < -0.39 is 21.7 Å². The van der Waals surface area contributed by atoms with Gasteiger partial charge in [0.1, 0.15) is 0 Å². The van der Waals surface area contributed by atoms with Gasteiger partial charge in [0.15, 0.2) is 0 Å². The molecule has 0 spiro atoms. The molecule has 8 rings (SSSR count). The maximum Gasteiger partial charge on any atom is 0.291 e. The second-order valence-electron chi connectivity index (χ2n) is 16.1. The van der Waals surface area contributed by atoms with Crippen LogP contribution in [0.5, 0.6) is 0 Å². The summed E-state index contributed by atoms with van der Waals surface area (Å²) < 4.78 is 0. The number of aromatic nitrogens is 2. The average Bonchev–Trinajstić information content (AvgIpc) is 3.97. The van der Waals surface area contributed by atoms with E-state index in [-0.39, 0.29) is 44.1 Å². The molecule has 6 aromatic carbocycles. The zero-order valence-electron chi connectivity index (χ0n) is 35.9. The Hall–Kier alpha value is -8.03.